The lowest BCUT2D eigenvalue weighted by Gasteiger charge is -2.26. The summed E-state index contributed by atoms with van der Waals surface area (Å²) < 4.78 is 0. The number of nitrogens with two attached hydrogens (primary N) is 4. The topological polar surface area (TPSA) is 327 Å². The van der Waals surface area contributed by atoms with Crippen LogP contribution in [0, 0.1) is 0 Å². The molecular formula is C26H46N14O5. The number of azide groups is 1. The van der Waals surface area contributed by atoms with E-state index in [1.807, 2.05) is 0 Å². The first-order valence-corrected chi connectivity index (χ1v) is 14.7. The molecule has 1 heterocycles. The number of rotatable bonds is 23. The van der Waals surface area contributed by atoms with Gasteiger partial charge in [-0.15, -0.1) is 0 Å². The summed E-state index contributed by atoms with van der Waals surface area (Å²) in [4.78, 5) is 77.4. The summed E-state index contributed by atoms with van der Waals surface area (Å²) in [6, 6.07) is -4.27. The maximum absolute atomic E-state index is 13.6. The fourth-order valence-electron chi connectivity index (χ4n) is 4.28. The molecule has 1 aromatic heterocycles. The molecule has 45 heavy (non-hydrogen) atoms. The Morgan fingerprint density at radius 2 is 1.42 bits per heavy atom. The number of H-pyrrole nitrogens is 1. The summed E-state index contributed by atoms with van der Waals surface area (Å²) in [5.41, 5.74) is 30.7. The predicted octanol–water partition coefficient (Wildman–Crippen LogP) is -1.94. The second kappa shape index (κ2) is 21.7. The molecule has 0 aromatic carbocycles. The number of aliphatic imine (C=N–C) groups is 1. The second-order valence-electron chi connectivity index (χ2n) is 10.3. The van der Waals surface area contributed by atoms with Gasteiger partial charge in [-0.2, -0.15) is 0 Å². The van der Waals surface area contributed by atoms with Crippen molar-refractivity contribution < 1.29 is 24.0 Å². The Balaban J connectivity index is 3.12. The van der Waals surface area contributed by atoms with Gasteiger partial charge >= 0.3 is 0 Å². The summed E-state index contributed by atoms with van der Waals surface area (Å²) in [6.07, 6.45) is 5.84. The quantitative estimate of drug-likeness (QED) is 0.0161. The van der Waals surface area contributed by atoms with Crippen molar-refractivity contribution in [2.75, 3.05) is 19.6 Å². The molecule has 19 heteroatoms. The lowest BCUT2D eigenvalue weighted by Crippen LogP contribution is -2.58. The molecule has 0 saturated carbocycles. The number of primary amides is 1. The minimum absolute atomic E-state index is 0.00933. The van der Waals surface area contributed by atoms with Gasteiger partial charge < -0.3 is 49.2 Å². The molecule has 0 aliphatic rings. The fourth-order valence-corrected chi connectivity index (χ4v) is 4.28. The lowest BCUT2D eigenvalue weighted by atomic mass is 10.0. The van der Waals surface area contributed by atoms with Crippen LogP contribution in [0.25, 0.3) is 10.4 Å². The van der Waals surface area contributed by atoms with E-state index in [4.69, 9.17) is 28.5 Å². The van der Waals surface area contributed by atoms with Crippen LogP contribution in [0.1, 0.15) is 64.0 Å². The molecule has 5 amide bonds. The molecule has 19 nitrogen and oxygen atoms in total. The monoisotopic (exact) mass is 634 g/mol. The molecule has 0 bridgehead atoms. The summed E-state index contributed by atoms with van der Waals surface area (Å²) in [7, 11) is 0. The van der Waals surface area contributed by atoms with E-state index in [1.165, 1.54) is 19.4 Å². The fraction of sp³-hybridized carbons (Fsp3) is 0.654. The van der Waals surface area contributed by atoms with E-state index in [2.05, 4.69) is 46.3 Å². The summed E-state index contributed by atoms with van der Waals surface area (Å²) in [6.45, 7) is 2.08. The number of imidazole rings is 1. The van der Waals surface area contributed by atoms with Gasteiger partial charge in [0.1, 0.15) is 24.2 Å². The van der Waals surface area contributed by atoms with Crippen LogP contribution in [0.5, 0.6) is 0 Å². The normalized spacial score (nSPS) is 13.2. The molecule has 0 aliphatic heterocycles. The van der Waals surface area contributed by atoms with Crippen LogP contribution in [0.15, 0.2) is 22.6 Å². The highest BCUT2D eigenvalue weighted by atomic mass is 16.2. The highest BCUT2D eigenvalue weighted by Gasteiger charge is 2.31. The molecule has 0 radical (unpaired) electrons. The van der Waals surface area contributed by atoms with Gasteiger partial charge in [-0.3, -0.25) is 29.0 Å². The van der Waals surface area contributed by atoms with Gasteiger partial charge in [-0.25, -0.2) is 4.98 Å². The van der Waals surface area contributed by atoms with Crippen LogP contribution in [0.4, 0.5) is 0 Å². The Bertz CT molecular complexity index is 1160. The minimum atomic E-state index is -1.18. The van der Waals surface area contributed by atoms with Gasteiger partial charge in [0.15, 0.2) is 5.96 Å². The highest BCUT2D eigenvalue weighted by molar-refractivity contribution is 5.95. The van der Waals surface area contributed by atoms with Crippen LogP contribution in [0.3, 0.4) is 0 Å². The van der Waals surface area contributed by atoms with Gasteiger partial charge in [0.05, 0.1) is 6.33 Å². The highest BCUT2D eigenvalue weighted by Crippen LogP contribution is 2.08. The third kappa shape index (κ3) is 16.5. The Morgan fingerprint density at radius 1 is 0.844 bits per heavy atom. The van der Waals surface area contributed by atoms with E-state index in [0.29, 0.717) is 44.3 Å². The van der Waals surface area contributed by atoms with Gasteiger partial charge in [-0.1, -0.05) is 11.5 Å². The summed E-state index contributed by atoms with van der Waals surface area (Å²) >= 11 is 0. The lowest BCUT2D eigenvalue weighted by molar-refractivity contribution is -0.134. The first-order valence-electron chi connectivity index (χ1n) is 14.7. The number of hydrogen-bond donors (Lipinski definition) is 9. The number of guanidine groups is 1. The molecule has 250 valence electrons. The van der Waals surface area contributed by atoms with Crippen LogP contribution in [0.2, 0.25) is 0 Å². The minimum Gasteiger partial charge on any atom is -0.370 e. The summed E-state index contributed by atoms with van der Waals surface area (Å²) in [5, 5.41) is 14.0. The van der Waals surface area contributed by atoms with Crippen molar-refractivity contribution in [1.29, 1.82) is 0 Å². The molecule has 0 aliphatic carbocycles. The van der Waals surface area contributed by atoms with Crippen LogP contribution >= 0.6 is 0 Å². The molecule has 0 spiro atoms. The van der Waals surface area contributed by atoms with Crippen molar-refractivity contribution in [3.05, 3.63) is 28.7 Å². The number of nitrogens with one attached hydrogen (secondary N) is 5. The average Bonchev–Trinajstić information content (AvgIpc) is 3.49. The Kier molecular flexibility index (Phi) is 18.4. The van der Waals surface area contributed by atoms with E-state index in [0.717, 1.165) is 0 Å². The first kappa shape index (κ1) is 38.1. The number of hydrogen-bond acceptors (Lipinski definition) is 9. The number of nitrogens with zero attached hydrogens (tertiary/aromatic N) is 5. The Labute approximate surface area is 261 Å². The maximum Gasteiger partial charge on any atom is 0.243 e. The van der Waals surface area contributed by atoms with Crippen molar-refractivity contribution in [3.63, 3.8) is 0 Å². The second-order valence-corrected chi connectivity index (χ2v) is 10.3. The number of amides is 5. The predicted molar refractivity (Wildman–Crippen MR) is 166 cm³/mol. The zero-order valence-corrected chi connectivity index (χ0v) is 25.5. The summed E-state index contributed by atoms with van der Waals surface area (Å²) in [5.74, 6) is -3.27. The van der Waals surface area contributed by atoms with E-state index >= 15 is 0 Å². The van der Waals surface area contributed by atoms with E-state index in [9.17, 15) is 24.0 Å². The van der Waals surface area contributed by atoms with Crippen molar-refractivity contribution in [1.82, 2.24) is 31.2 Å². The van der Waals surface area contributed by atoms with Crippen molar-refractivity contribution in [2.45, 2.75) is 88.9 Å². The van der Waals surface area contributed by atoms with E-state index in [-0.39, 0.29) is 44.7 Å². The zero-order chi connectivity index (χ0) is 33.6. The molecule has 0 fully saturated rings. The number of unbranched alkanes of at least 4 members (excludes halogenated alkanes) is 2. The largest absolute Gasteiger partial charge is 0.370 e. The van der Waals surface area contributed by atoms with Gasteiger partial charge in [0, 0.05) is 43.2 Å². The standard InChI is InChI=1S/C26H46N14O5/c1-16(41)36-19(9-6-11-33-26(29)30)23(43)39-21(13-17-14-32-15-34-17)25(45)38-20(8-2-4-10-27)24(44)37-18(22(28)42)7-3-5-12-35-40-31/h14-15,18-21H,2-13,27H2,1H3,(H2,28,42)(H,32,34)(H,36,41)(H,37,44)(H,38,45)(H,39,43)(H4,29,30,33)/t18-,19-,20-,21-/m0/s1. The van der Waals surface area contributed by atoms with Gasteiger partial charge in [0.25, 0.3) is 0 Å². The maximum atomic E-state index is 13.6. The molecule has 1 aromatic rings. The van der Waals surface area contributed by atoms with Crippen molar-refractivity contribution >= 4 is 35.5 Å². The first-order chi connectivity index (χ1) is 21.5. The number of aromatic nitrogens is 2. The smallest absolute Gasteiger partial charge is 0.243 e. The molecule has 1 rings (SSSR count). The molecule has 4 atom stereocenters. The van der Waals surface area contributed by atoms with Crippen LogP contribution < -0.4 is 44.2 Å². The SMILES string of the molecule is CC(=O)N[C@@H](CCCN=C(N)N)C(=O)N[C@@H](Cc1cnc[nH]1)C(=O)N[C@@H](CCCCN)C(=O)N[C@@H](CCCCN=[N+]=[N-])C(N)=O. The number of aromatic amines is 1. The Morgan fingerprint density at radius 3 is 2.00 bits per heavy atom. The van der Waals surface area contributed by atoms with Gasteiger partial charge in [0.2, 0.25) is 29.5 Å². The zero-order valence-electron chi connectivity index (χ0n) is 25.5. The van der Waals surface area contributed by atoms with Crippen molar-refractivity contribution in [2.24, 2.45) is 33.0 Å². The van der Waals surface area contributed by atoms with Gasteiger partial charge in [-0.05, 0) is 57.0 Å². The third-order valence-electron chi connectivity index (χ3n) is 6.56. The average molecular weight is 635 g/mol. The van der Waals surface area contributed by atoms with Crippen LogP contribution in [-0.2, 0) is 30.4 Å². The third-order valence-corrected chi connectivity index (χ3v) is 6.56. The molecule has 0 saturated heterocycles. The van der Waals surface area contributed by atoms with Crippen LogP contribution in [-0.4, -0.2) is 89.3 Å². The Hall–Kier alpha value is -4.90. The van der Waals surface area contributed by atoms with E-state index < -0.39 is 53.7 Å². The number of carbonyl (C=O) groups is 5. The molecular weight excluding hydrogens is 588 g/mol. The van der Waals surface area contributed by atoms with Crippen molar-refractivity contribution in [3.8, 4) is 0 Å². The van der Waals surface area contributed by atoms with E-state index in [1.54, 1.807) is 0 Å². The number of carbonyl (C=O) groups excluding carboxylic acids is 5. The molecule has 13 N–H and O–H groups in total. The molecule has 0 unspecified atom stereocenters.